The van der Waals surface area contributed by atoms with Gasteiger partial charge in [0.15, 0.2) is 5.06 Å². The molecule has 1 N–H and O–H groups in total. The number of carbonyl (C=O) groups excluding carboxylic acids is 3. The predicted molar refractivity (Wildman–Crippen MR) is 70.6 cm³/mol. The van der Waals surface area contributed by atoms with Gasteiger partial charge in [-0.2, -0.15) is 0 Å². The summed E-state index contributed by atoms with van der Waals surface area (Å²) in [6.07, 6.45) is 0. The van der Waals surface area contributed by atoms with Gasteiger partial charge < -0.3 is 14.8 Å². The maximum atomic E-state index is 11.9. The minimum Gasteiger partial charge on any atom is -0.462 e. The Balaban J connectivity index is 3.22. The van der Waals surface area contributed by atoms with Crippen LogP contribution in [0.25, 0.3) is 0 Å². The fourth-order valence-corrected chi connectivity index (χ4v) is 2.55. The molecule has 0 radical (unpaired) electrons. The van der Waals surface area contributed by atoms with Crippen LogP contribution in [0.5, 0.6) is 5.06 Å². The Kier molecular flexibility index (Phi) is 5.05. The summed E-state index contributed by atoms with van der Waals surface area (Å²) < 4.78 is 9.92. The van der Waals surface area contributed by atoms with Crippen molar-refractivity contribution in [1.29, 1.82) is 0 Å². The second-order valence-corrected chi connectivity index (χ2v) is 4.70. The van der Waals surface area contributed by atoms with Crippen LogP contribution >= 0.6 is 11.3 Å². The largest absolute Gasteiger partial charge is 0.462 e. The molecule has 1 aromatic rings. The van der Waals surface area contributed by atoms with Gasteiger partial charge in [0.1, 0.15) is 10.6 Å². The average molecular weight is 285 g/mol. The fraction of sp³-hybridized carbons (Fsp3) is 0.417. The van der Waals surface area contributed by atoms with E-state index in [0.717, 1.165) is 11.3 Å². The molecule has 104 valence electrons. The zero-order valence-electron chi connectivity index (χ0n) is 11.2. The second-order valence-electron chi connectivity index (χ2n) is 3.71. The van der Waals surface area contributed by atoms with Gasteiger partial charge >= 0.3 is 11.9 Å². The number of thiophene rings is 1. The van der Waals surface area contributed by atoms with Crippen LogP contribution in [0, 0.1) is 6.92 Å². The zero-order chi connectivity index (χ0) is 14.6. The molecule has 0 unspecified atom stereocenters. The van der Waals surface area contributed by atoms with Crippen LogP contribution in [-0.2, 0) is 14.3 Å². The lowest BCUT2D eigenvalue weighted by atomic mass is 10.2. The first kappa shape index (κ1) is 15.2. The molecule has 1 amide bonds. The Labute approximate surface area is 114 Å². The monoisotopic (exact) mass is 285 g/mol. The highest BCUT2D eigenvalue weighted by Crippen LogP contribution is 2.39. The van der Waals surface area contributed by atoms with Crippen LogP contribution in [0.1, 0.15) is 36.7 Å². The maximum absolute atomic E-state index is 11.9. The van der Waals surface area contributed by atoms with E-state index in [4.69, 9.17) is 9.47 Å². The average Bonchev–Trinajstić information content (AvgIpc) is 2.54. The highest BCUT2D eigenvalue weighted by molar-refractivity contribution is 7.18. The van der Waals surface area contributed by atoms with E-state index in [2.05, 4.69) is 5.32 Å². The number of nitrogens with one attached hydrogen (secondary N) is 1. The first-order valence-electron chi connectivity index (χ1n) is 5.63. The Morgan fingerprint density at radius 1 is 1.26 bits per heavy atom. The molecule has 0 saturated carbocycles. The second kappa shape index (κ2) is 6.33. The summed E-state index contributed by atoms with van der Waals surface area (Å²) in [7, 11) is 0. The van der Waals surface area contributed by atoms with Crippen molar-refractivity contribution < 1.29 is 23.9 Å². The van der Waals surface area contributed by atoms with E-state index in [1.807, 2.05) is 0 Å². The van der Waals surface area contributed by atoms with Gasteiger partial charge in [-0.3, -0.25) is 9.59 Å². The highest BCUT2D eigenvalue weighted by Gasteiger charge is 2.24. The van der Waals surface area contributed by atoms with Crippen LogP contribution in [0.4, 0.5) is 5.00 Å². The third kappa shape index (κ3) is 3.78. The summed E-state index contributed by atoms with van der Waals surface area (Å²) in [6.45, 7) is 6.13. The minimum atomic E-state index is -0.557. The maximum Gasteiger partial charge on any atom is 0.341 e. The molecule has 6 nitrogen and oxygen atoms in total. The van der Waals surface area contributed by atoms with Crippen molar-refractivity contribution in [3.8, 4) is 5.06 Å². The minimum absolute atomic E-state index is 0.219. The normalized spacial score (nSPS) is 9.89. The first-order valence-corrected chi connectivity index (χ1v) is 6.45. The molecular formula is C12H15NO5S. The number of hydrogen-bond donors (Lipinski definition) is 1. The smallest absolute Gasteiger partial charge is 0.341 e. The van der Waals surface area contributed by atoms with E-state index in [9.17, 15) is 14.4 Å². The lowest BCUT2D eigenvalue weighted by molar-refractivity contribution is -0.131. The van der Waals surface area contributed by atoms with Gasteiger partial charge in [-0.1, -0.05) is 11.3 Å². The quantitative estimate of drug-likeness (QED) is 0.857. The third-order valence-corrected chi connectivity index (χ3v) is 3.19. The molecule has 0 aliphatic heterocycles. The molecule has 0 atom stereocenters. The van der Waals surface area contributed by atoms with Gasteiger partial charge in [0.25, 0.3) is 0 Å². The summed E-state index contributed by atoms with van der Waals surface area (Å²) in [5, 5.41) is 3.13. The zero-order valence-corrected chi connectivity index (χ0v) is 12.0. The molecule has 1 aromatic heterocycles. The van der Waals surface area contributed by atoms with Gasteiger partial charge in [-0.25, -0.2) is 4.79 Å². The SMILES string of the molecule is CCOC(=O)c1c(NC(C)=O)sc(OC(C)=O)c1C. The number of anilines is 1. The molecule has 0 bridgehead atoms. The Morgan fingerprint density at radius 2 is 1.89 bits per heavy atom. The number of amides is 1. The van der Waals surface area contributed by atoms with Gasteiger partial charge in [0.2, 0.25) is 5.91 Å². The van der Waals surface area contributed by atoms with E-state index in [1.165, 1.54) is 13.8 Å². The van der Waals surface area contributed by atoms with Gasteiger partial charge in [0.05, 0.1) is 6.61 Å². The predicted octanol–water partition coefficient (Wildman–Crippen LogP) is 2.12. The summed E-state index contributed by atoms with van der Waals surface area (Å²) in [6, 6.07) is 0. The summed E-state index contributed by atoms with van der Waals surface area (Å²) >= 11 is 1.02. The number of carbonyl (C=O) groups is 3. The number of ether oxygens (including phenoxy) is 2. The first-order chi connectivity index (χ1) is 8.86. The van der Waals surface area contributed by atoms with Crippen LogP contribution in [0.15, 0.2) is 0 Å². The van der Waals surface area contributed by atoms with Crippen LogP contribution in [0.3, 0.4) is 0 Å². The summed E-state index contributed by atoms with van der Waals surface area (Å²) in [5.41, 5.74) is 0.695. The molecule has 0 aliphatic carbocycles. The number of esters is 2. The lowest BCUT2D eigenvalue weighted by Gasteiger charge is -2.04. The van der Waals surface area contributed by atoms with E-state index >= 15 is 0 Å². The van der Waals surface area contributed by atoms with Gasteiger partial charge in [0, 0.05) is 19.4 Å². The molecule has 0 fully saturated rings. The van der Waals surface area contributed by atoms with E-state index in [0.29, 0.717) is 10.6 Å². The van der Waals surface area contributed by atoms with Crippen LogP contribution in [0.2, 0.25) is 0 Å². The van der Waals surface area contributed by atoms with Crippen molar-refractivity contribution in [2.75, 3.05) is 11.9 Å². The van der Waals surface area contributed by atoms with Gasteiger partial charge in [-0.05, 0) is 13.8 Å². The van der Waals surface area contributed by atoms with Crippen LogP contribution < -0.4 is 10.1 Å². The summed E-state index contributed by atoms with van der Waals surface area (Å²) in [4.78, 5) is 34.0. The fourth-order valence-electron chi connectivity index (χ4n) is 1.42. The topological polar surface area (TPSA) is 81.7 Å². The van der Waals surface area contributed by atoms with Crippen molar-refractivity contribution >= 4 is 34.2 Å². The Bertz CT molecular complexity index is 520. The summed E-state index contributed by atoms with van der Waals surface area (Å²) in [5.74, 6) is -1.37. The Hall–Kier alpha value is -1.89. The molecule has 1 rings (SSSR count). The molecule has 1 heterocycles. The van der Waals surface area contributed by atoms with Crippen molar-refractivity contribution in [3.05, 3.63) is 11.1 Å². The molecule has 7 heteroatoms. The molecule has 0 spiro atoms. The number of rotatable bonds is 4. The molecule has 0 saturated heterocycles. The van der Waals surface area contributed by atoms with Crippen LogP contribution in [-0.4, -0.2) is 24.5 Å². The van der Waals surface area contributed by atoms with E-state index < -0.39 is 11.9 Å². The number of hydrogen-bond acceptors (Lipinski definition) is 6. The molecule has 19 heavy (non-hydrogen) atoms. The molecule has 0 aromatic carbocycles. The Morgan fingerprint density at radius 3 is 2.37 bits per heavy atom. The van der Waals surface area contributed by atoms with Crippen molar-refractivity contribution in [2.24, 2.45) is 0 Å². The van der Waals surface area contributed by atoms with E-state index in [-0.39, 0.29) is 23.1 Å². The van der Waals surface area contributed by atoms with E-state index in [1.54, 1.807) is 13.8 Å². The standard InChI is InChI=1S/C12H15NO5S/c1-5-17-11(16)9-6(2)12(18-8(4)15)19-10(9)13-7(3)14/h5H2,1-4H3,(H,13,14). The third-order valence-electron chi connectivity index (χ3n) is 2.11. The van der Waals surface area contributed by atoms with Gasteiger partial charge in [-0.15, -0.1) is 0 Å². The van der Waals surface area contributed by atoms with Crippen molar-refractivity contribution in [1.82, 2.24) is 0 Å². The lowest BCUT2D eigenvalue weighted by Crippen LogP contribution is -2.11. The molecular weight excluding hydrogens is 270 g/mol. The highest BCUT2D eigenvalue weighted by atomic mass is 32.1. The molecule has 0 aliphatic rings. The van der Waals surface area contributed by atoms with Crippen molar-refractivity contribution in [3.63, 3.8) is 0 Å². The van der Waals surface area contributed by atoms with Crippen molar-refractivity contribution in [2.45, 2.75) is 27.7 Å².